The molecule has 1 aromatic rings. The molecular weight excluding hydrogens is 298 g/mol. The van der Waals surface area contributed by atoms with E-state index in [1.165, 1.54) is 11.8 Å². The molecule has 0 spiro atoms. The molecule has 0 aliphatic rings. The predicted molar refractivity (Wildman–Crippen MR) is 79.9 cm³/mol. The van der Waals surface area contributed by atoms with Crippen LogP contribution in [0.1, 0.15) is 19.8 Å². The van der Waals surface area contributed by atoms with Crippen LogP contribution in [0.4, 0.5) is 19.3 Å². The molecule has 0 saturated carbocycles. The summed E-state index contributed by atoms with van der Waals surface area (Å²) in [5.41, 5.74) is 0.392. The Hall–Kier alpha value is -1.63. The van der Waals surface area contributed by atoms with Gasteiger partial charge in [-0.2, -0.15) is 0 Å². The van der Waals surface area contributed by atoms with Gasteiger partial charge < -0.3 is 10.2 Å². The van der Waals surface area contributed by atoms with Gasteiger partial charge in [-0.3, -0.25) is 9.59 Å². The summed E-state index contributed by atoms with van der Waals surface area (Å²) in [6, 6.07) is 6.53. The van der Waals surface area contributed by atoms with Gasteiger partial charge in [-0.25, -0.2) is 8.78 Å². The molecule has 4 nitrogen and oxygen atoms in total. The van der Waals surface area contributed by atoms with Crippen LogP contribution in [0.25, 0.3) is 0 Å². The maximum atomic E-state index is 13.1. The summed E-state index contributed by atoms with van der Waals surface area (Å²) in [7, 11) is 3.27. The first-order valence-electron chi connectivity index (χ1n) is 6.40. The van der Waals surface area contributed by atoms with Gasteiger partial charge in [-0.05, 0) is 30.0 Å². The second kappa shape index (κ2) is 7.40. The first-order chi connectivity index (χ1) is 9.73. The van der Waals surface area contributed by atoms with Crippen molar-refractivity contribution in [2.45, 2.75) is 30.6 Å². The summed E-state index contributed by atoms with van der Waals surface area (Å²) in [4.78, 5) is 25.2. The number of halogens is 2. The van der Waals surface area contributed by atoms with Gasteiger partial charge in [0.25, 0.3) is 11.2 Å². The molecule has 21 heavy (non-hydrogen) atoms. The Morgan fingerprint density at radius 1 is 1.33 bits per heavy atom. The molecule has 0 aliphatic heterocycles. The van der Waals surface area contributed by atoms with E-state index in [0.29, 0.717) is 10.6 Å². The van der Waals surface area contributed by atoms with Crippen molar-refractivity contribution in [3.63, 3.8) is 0 Å². The lowest BCUT2D eigenvalue weighted by atomic mass is 10.2. The Bertz CT molecular complexity index is 521. The van der Waals surface area contributed by atoms with Gasteiger partial charge >= 0.3 is 0 Å². The number of thioether (sulfide) groups is 1. The van der Waals surface area contributed by atoms with Crippen LogP contribution in [0.2, 0.25) is 0 Å². The SMILES string of the molecule is CCC(F)(F)CC(=O)Nc1cccc(SC(=O)N(C)C)c1. The van der Waals surface area contributed by atoms with E-state index in [1.807, 2.05) is 0 Å². The van der Waals surface area contributed by atoms with Gasteiger partial charge in [0.05, 0.1) is 6.42 Å². The van der Waals surface area contributed by atoms with E-state index in [4.69, 9.17) is 0 Å². The van der Waals surface area contributed by atoms with Crippen molar-refractivity contribution in [3.05, 3.63) is 24.3 Å². The highest BCUT2D eigenvalue weighted by Crippen LogP contribution is 2.25. The van der Waals surface area contributed by atoms with Crippen molar-refractivity contribution in [1.29, 1.82) is 0 Å². The van der Waals surface area contributed by atoms with Crippen molar-refractivity contribution in [2.75, 3.05) is 19.4 Å². The average molecular weight is 316 g/mol. The quantitative estimate of drug-likeness (QED) is 0.840. The zero-order valence-corrected chi connectivity index (χ0v) is 13.0. The van der Waals surface area contributed by atoms with Crippen LogP contribution in [0, 0.1) is 0 Å². The van der Waals surface area contributed by atoms with Crippen LogP contribution in [0.15, 0.2) is 29.2 Å². The number of benzene rings is 1. The van der Waals surface area contributed by atoms with Crippen LogP contribution in [-0.2, 0) is 4.79 Å². The molecule has 1 rings (SSSR count). The third-order valence-corrected chi connectivity index (χ3v) is 3.65. The molecule has 0 aromatic heterocycles. The standard InChI is InChI=1S/C14H18F2N2O2S/c1-4-14(15,16)9-12(19)17-10-6-5-7-11(8-10)21-13(20)18(2)3/h5-8H,4,9H2,1-3H3,(H,17,19). The van der Waals surface area contributed by atoms with E-state index in [1.54, 1.807) is 38.4 Å². The number of hydrogen-bond donors (Lipinski definition) is 1. The first-order valence-corrected chi connectivity index (χ1v) is 7.22. The molecule has 0 radical (unpaired) electrons. The molecule has 7 heteroatoms. The lowest BCUT2D eigenvalue weighted by Crippen LogP contribution is -2.24. The number of nitrogens with one attached hydrogen (secondary N) is 1. The smallest absolute Gasteiger partial charge is 0.285 e. The zero-order valence-electron chi connectivity index (χ0n) is 12.2. The molecule has 1 aromatic carbocycles. The Kier molecular flexibility index (Phi) is 6.14. The van der Waals surface area contributed by atoms with Crippen molar-refractivity contribution < 1.29 is 18.4 Å². The van der Waals surface area contributed by atoms with Crippen LogP contribution < -0.4 is 5.32 Å². The summed E-state index contributed by atoms with van der Waals surface area (Å²) in [6.45, 7) is 1.33. The first kappa shape index (κ1) is 17.4. The molecule has 0 bridgehead atoms. The minimum absolute atomic E-state index is 0.156. The number of alkyl halides is 2. The lowest BCUT2D eigenvalue weighted by Gasteiger charge is -2.14. The van der Waals surface area contributed by atoms with Gasteiger partial charge in [0.2, 0.25) is 5.91 Å². The van der Waals surface area contributed by atoms with E-state index >= 15 is 0 Å². The molecule has 0 fully saturated rings. The van der Waals surface area contributed by atoms with Crippen LogP contribution in [0.5, 0.6) is 0 Å². The molecule has 1 N–H and O–H groups in total. The van der Waals surface area contributed by atoms with Gasteiger partial charge in [0, 0.05) is 31.1 Å². The Morgan fingerprint density at radius 2 is 2.00 bits per heavy atom. The average Bonchev–Trinajstić information content (AvgIpc) is 2.38. The second-order valence-corrected chi connectivity index (χ2v) is 5.75. The molecule has 0 saturated heterocycles. The van der Waals surface area contributed by atoms with Crippen molar-refractivity contribution in [3.8, 4) is 0 Å². The number of amides is 2. The molecule has 0 heterocycles. The number of carbonyl (C=O) groups excluding carboxylic acids is 2. The second-order valence-electron chi connectivity index (χ2n) is 4.72. The fourth-order valence-corrected chi connectivity index (χ4v) is 2.11. The van der Waals surface area contributed by atoms with Gasteiger partial charge in [0.1, 0.15) is 0 Å². The number of carbonyl (C=O) groups is 2. The van der Waals surface area contributed by atoms with E-state index in [0.717, 1.165) is 11.8 Å². The number of nitrogens with zero attached hydrogens (tertiary/aromatic N) is 1. The van der Waals surface area contributed by atoms with Crippen molar-refractivity contribution in [2.24, 2.45) is 0 Å². The predicted octanol–water partition coefficient (Wildman–Crippen LogP) is 3.83. The number of anilines is 1. The Morgan fingerprint density at radius 3 is 2.57 bits per heavy atom. The Labute approximate surface area is 126 Å². The van der Waals surface area contributed by atoms with E-state index < -0.39 is 18.3 Å². The minimum Gasteiger partial charge on any atom is -0.339 e. The van der Waals surface area contributed by atoms with E-state index in [9.17, 15) is 18.4 Å². The third kappa shape index (κ3) is 6.12. The summed E-state index contributed by atoms with van der Waals surface area (Å²) in [5, 5.41) is 2.26. The van der Waals surface area contributed by atoms with E-state index in [-0.39, 0.29) is 11.7 Å². The highest BCUT2D eigenvalue weighted by molar-refractivity contribution is 8.13. The summed E-state index contributed by atoms with van der Waals surface area (Å²) >= 11 is 0.998. The number of rotatable bonds is 5. The largest absolute Gasteiger partial charge is 0.339 e. The lowest BCUT2D eigenvalue weighted by molar-refractivity contribution is -0.123. The highest BCUT2D eigenvalue weighted by atomic mass is 32.2. The van der Waals surface area contributed by atoms with Crippen LogP contribution in [-0.4, -0.2) is 36.1 Å². The maximum Gasteiger partial charge on any atom is 0.285 e. The summed E-state index contributed by atoms with van der Waals surface area (Å²) in [6.07, 6.45) is -1.23. The molecule has 116 valence electrons. The minimum atomic E-state index is -3.00. The van der Waals surface area contributed by atoms with Gasteiger partial charge in [-0.1, -0.05) is 13.0 Å². The van der Waals surface area contributed by atoms with Crippen LogP contribution >= 0.6 is 11.8 Å². The summed E-state index contributed by atoms with van der Waals surface area (Å²) in [5.74, 6) is -3.75. The van der Waals surface area contributed by atoms with Gasteiger partial charge in [0.15, 0.2) is 0 Å². The topological polar surface area (TPSA) is 49.4 Å². The fourth-order valence-electron chi connectivity index (χ4n) is 1.39. The molecular formula is C14H18F2N2O2S. The molecule has 0 atom stereocenters. The summed E-state index contributed by atoms with van der Waals surface area (Å²) < 4.78 is 26.3. The Balaban J connectivity index is 2.68. The fraction of sp³-hybridized carbons (Fsp3) is 0.429. The van der Waals surface area contributed by atoms with Crippen molar-refractivity contribution in [1.82, 2.24) is 4.90 Å². The van der Waals surface area contributed by atoms with Gasteiger partial charge in [-0.15, -0.1) is 0 Å². The molecule has 2 amide bonds. The third-order valence-electron chi connectivity index (χ3n) is 2.62. The molecule has 0 aliphatic carbocycles. The van der Waals surface area contributed by atoms with Crippen molar-refractivity contribution >= 4 is 28.6 Å². The number of hydrogen-bond acceptors (Lipinski definition) is 3. The zero-order chi connectivity index (χ0) is 16.0. The van der Waals surface area contributed by atoms with E-state index in [2.05, 4.69) is 5.32 Å². The highest BCUT2D eigenvalue weighted by Gasteiger charge is 2.29. The van der Waals surface area contributed by atoms with Crippen LogP contribution in [0.3, 0.4) is 0 Å². The monoisotopic (exact) mass is 316 g/mol. The maximum absolute atomic E-state index is 13.1. The molecule has 0 unspecified atom stereocenters. The normalized spacial score (nSPS) is 11.1.